The number of hydrogen-bond acceptors (Lipinski definition) is 6. The van der Waals surface area contributed by atoms with E-state index in [9.17, 15) is 13.5 Å². The molecule has 6 nitrogen and oxygen atoms in total. The number of fused-ring (bicyclic) bond motifs is 1. The smallest absolute Gasteiger partial charge is 0.240 e. The lowest BCUT2D eigenvalue weighted by atomic mass is 10.1. The highest BCUT2D eigenvalue weighted by atomic mass is 32.2. The third-order valence-corrected chi connectivity index (χ3v) is 7.43. The van der Waals surface area contributed by atoms with Crippen molar-refractivity contribution in [1.82, 2.24) is 9.71 Å². The summed E-state index contributed by atoms with van der Waals surface area (Å²) in [5, 5.41) is 11.9. The minimum absolute atomic E-state index is 0.119. The second kappa shape index (κ2) is 7.38. The normalized spacial score (nSPS) is 14.2. The number of oxazole rings is 1. The molecule has 150 valence electrons. The van der Waals surface area contributed by atoms with Crippen molar-refractivity contribution in [3.8, 4) is 11.3 Å². The zero-order chi connectivity index (χ0) is 20.6. The van der Waals surface area contributed by atoms with E-state index in [2.05, 4.69) is 9.71 Å². The van der Waals surface area contributed by atoms with Gasteiger partial charge in [-0.15, -0.1) is 11.3 Å². The Morgan fingerprint density at radius 1 is 1.17 bits per heavy atom. The maximum Gasteiger partial charge on any atom is 0.240 e. The van der Waals surface area contributed by atoms with Crippen LogP contribution in [0.5, 0.6) is 0 Å². The fraction of sp³-hybridized carbons (Fsp3) is 0.190. The number of aryl methyl sites for hydroxylation is 1. The Hall–Kier alpha value is -2.52. The van der Waals surface area contributed by atoms with Crippen molar-refractivity contribution in [1.29, 1.82) is 0 Å². The molecule has 0 radical (unpaired) electrons. The first kappa shape index (κ1) is 19.8. The zero-order valence-electron chi connectivity index (χ0n) is 15.9. The molecule has 2 aromatic carbocycles. The van der Waals surface area contributed by atoms with Gasteiger partial charge in [0.05, 0.1) is 4.90 Å². The Bertz CT molecular complexity index is 1220. The third kappa shape index (κ3) is 4.11. The van der Waals surface area contributed by atoms with Gasteiger partial charge in [-0.25, -0.2) is 18.1 Å². The summed E-state index contributed by atoms with van der Waals surface area (Å²) in [4.78, 5) is 5.05. The number of aromatic nitrogens is 1. The second-order valence-corrected chi connectivity index (χ2v) is 9.87. The van der Waals surface area contributed by atoms with E-state index in [1.165, 1.54) is 29.7 Å². The van der Waals surface area contributed by atoms with Crippen LogP contribution in [0.2, 0.25) is 0 Å². The molecule has 4 aromatic rings. The quantitative estimate of drug-likeness (QED) is 0.483. The summed E-state index contributed by atoms with van der Waals surface area (Å²) < 4.78 is 34.1. The predicted octanol–water partition coefficient (Wildman–Crippen LogP) is 4.05. The first-order chi connectivity index (χ1) is 13.7. The summed E-state index contributed by atoms with van der Waals surface area (Å²) in [6.07, 6.45) is 1.53. The first-order valence-corrected chi connectivity index (χ1v) is 11.3. The molecule has 2 aromatic heterocycles. The van der Waals surface area contributed by atoms with Crippen LogP contribution >= 0.6 is 11.3 Å². The second-order valence-electron chi connectivity index (χ2n) is 7.02. The maximum atomic E-state index is 12.7. The van der Waals surface area contributed by atoms with Crippen LogP contribution in [0.25, 0.3) is 21.3 Å². The summed E-state index contributed by atoms with van der Waals surface area (Å²) >= 11 is 1.45. The van der Waals surface area contributed by atoms with Crippen LogP contribution in [0.3, 0.4) is 0 Å². The van der Waals surface area contributed by atoms with Crippen LogP contribution in [-0.2, 0) is 15.6 Å². The fourth-order valence-electron chi connectivity index (χ4n) is 2.95. The van der Waals surface area contributed by atoms with Crippen molar-refractivity contribution < 1.29 is 17.9 Å². The Morgan fingerprint density at radius 3 is 2.55 bits per heavy atom. The van der Waals surface area contributed by atoms with Gasteiger partial charge in [0, 0.05) is 28.6 Å². The molecule has 29 heavy (non-hydrogen) atoms. The molecule has 0 unspecified atom stereocenters. The van der Waals surface area contributed by atoms with Gasteiger partial charge in [0.2, 0.25) is 10.0 Å². The van der Waals surface area contributed by atoms with E-state index in [1.54, 1.807) is 26.0 Å². The summed E-state index contributed by atoms with van der Waals surface area (Å²) in [5.74, 6) is 0.543. The average Bonchev–Trinajstić information content (AvgIpc) is 3.33. The van der Waals surface area contributed by atoms with Crippen LogP contribution < -0.4 is 4.72 Å². The van der Waals surface area contributed by atoms with E-state index in [0.717, 1.165) is 15.6 Å². The van der Waals surface area contributed by atoms with Crippen molar-refractivity contribution in [2.45, 2.75) is 24.3 Å². The van der Waals surface area contributed by atoms with Gasteiger partial charge in [0.1, 0.15) is 17.6 Å². The number of rotatable bonds is 6. The Kier molecular flexibility index (Phi) is 5.04. The van der Waals surface area contributed by atoms with Gasteiger partial charge >= 0.3 is 0 Å². The van der Waals surface area contributed by atoms with Crippen LogP contribution in [0, 0.1) is 6.92 Å². The van der Waals surface area contributed by atoms with Crippen molar-refractivity contribution in [3.63, 3.8) is 0 Å². The predicted molar refractivity (Wildman–Crippen MR) is 113 cm³/mol. The van der Waals surface area contributed by atoms with Gasteiger partial charge in [0.15, 0.2) is 5.89 Å². The zero-order valence-corrected chi connectivity index (χ0v) is 17.5. The fourth-order valence-corrected chi connectivity index (χ4v) is 5.19. The largest absolute Gasteiger partial charge is 0.449 e. The van der Waals surface area contributed by atoms with Gasteiger partial charge < -0.3 is 9.52 Å². The van der Waals surface area contributed by atoms with Crippen molar-refractivity contribution >= 4 is 31.4 Å². The standard InChI is InChI=1S/C21H20N2O4S2/c1-14-23-18(12-27-14)15-7-9-17(10-8-15)29(25,26)22-13-21(2,24)20-11-16-5-3-4-6-19(16)28-20/h3-12,22,24H,13H2,1-2H3/t21-/m1/s1. The van der Waals surface area contributed by atoms with Gasteiger partial charge in [0.25, 0.3) is 0 Å². The number of nitrogens with one attached hydrogen (secondary N) is 1. The minimum Gasteiger partial charge on any atom is -0.449 e. The molecule has 2 N–H and O–H groups in total. The summed E-state index contributed by atoms with van der Waals surface area (Å²) in [6, 6.07) is 16.1. The highest BCUT2D eigenvalue weighted by molar-refractivity contribution is 7.89. The van der Waals surface area contributed by atoms with Gasteiger partial charge in [-0.1, -0.05) is 30.3 Å². The lowest BCUT2D eigenvalue weighted by molar-refractivity contribution is 0.0666. The molecule has 0 amide bonds. The molecule has 1 atom stereocenters. The van der Waals surface area contributed by atoms with Gasteiger partial charge in [-0.2, -0.15) is 0 Å². The van der Waals surface area contributed by atoms with Crippen LogP contribution in [-0.4, -0.2) is 25.1 Å². The SMILES string of the molecule is Cc1nc(-c2ccc(S(=O)(=O)NC[C@@](C)(O)c3cc4ccccc4s3)cc2)co1. The Balaban J connectivity index is 1.50. The Labute approximate surface area is 172 Å². The van der Waals surface area contributed by atoms with Crippen molar-refractivity contribution in [2.24, 2.45) is 0 Å². The van der Waals surface area contributed by atoms with E-state index in [1.807, 2.05) is 30.3 Å². The average molecular weight is 429 g/mol. The van der Waals surface area contributed by atoms with E-state index in [0.29, 0.717) is 16.5 Å². The molecule has 2 heterocycles. The van der Waals surface area contributed by atoms with E-state index in [4.69, 9.17) is 4.42 Å². The number of hydrogen-bond donors (Lipinski definition) is 2. The summed E-state index contributed by atoms with van der Waals surface area (Å²) in [5.41, 5.74) is 0.0831. The number of sulfonamides is 1. The molecule has 0 aliphatic carbocycles. The van der Waals surface area contributed by atoms with Crippen LogP contribution in [0.15, 0.2) is 70.2 Å². The minimum atomic E-state index is -3.77. The summed E-state index contributed by atoms with van der Waals surface area (Å²) in [6.45, 7) is 3.22. The monoisotopic (exact) mass is 428 g/mol. The highest BCUT2D eigenvalue weighted by Gasteiger charge is 2.28. The van der Waals surface area contributed by atoms with E-state index < -0.39 is 15.6 Å². The molecule has 0 aliphatic heterocycles. The van der Waals surface area contributed by atoms with E-state index in [-0.39, 0.29) is 11.4 Å². The van der Waals surface area contributed by atoms with Gasteiger partial charge in [-0.05, 0) is 36.6 Å². The van der Waals surface area contributed by atoms with Crippen molar-refractivity contribution in [2.75, 3.05) is 6.54 Å². The molecule has 0 aliphatic rings. The molecular formula is C21H20N2O4S2. The third-order valence-electron chi connectivity index (χ3n) is 4.64. The van der Waals surface area contributed by atoms with Crippen LogP contribution in [0.1, 0.15) is 17.7 Å². The number of aliphatic hydroxyl groups is 1. The molecule has 8 heteroatoms. The van der Waals surface area contributed by atoms with E-state index >= 15 is 0 Å². The number of thiophene rings is 1. The molecule has 0 fully saturated rings. The lowest BCUT2D eigenvalue weighted by Crippen LogP contribution is -2.38. The number of benzene rings is 2. The molecule has 0 bridgehead atoms. The topological polar surface area (TPSA) is 92.4 Å². The van der Waals surface area contributed by atoms with Crippen molar-refractivity contribution in [3.05, 3.63) is 71.6 Å². The molecular weight excluding hydrogens is 408 g/mol. The first-order valence-electron chi connectivity index (χ1n) is 8.98. The van der Waals surface area contributed by atoms with Gasteiger partial charge in [-0.3, -0.25) is 0 Å². The number of nitrogens with zero attached hydrogens (tertiary/aromatic N) is 1. The maximum absolute atomic E-state index is 12.7. The Morgan fingerprint density at radius 2 is 1.90 bits per heavy atom. The lowest BCUT2D eigenvalue weighted by Gasteiger charge is -2.22. The van der Waals surface area contributed by atoms with Crippen LogP contribution in [0.4, 0.5) is 0 Å². The molecule has 0 saturated heterocycles. The molecule has 0 spiro atoms. The summed E-state index contributed by atoms with van der Waals surface area (Å²) in [7, 11) is -3.77. The molecule has 4 rings (SSSR count). The highest BCUT2D eigenvalue weighted by Crippen LogP contribution is 2.33. The molecule has 0 saturated carbocycles.